The molecular formula is C41H25N5O. The summed E-state index contributed by atoms with van der Waals surface area (Å²) in [5.41, 5.74) is 8.07. The van der Waals surface area contributed by atoms with E-state index in [1.807, 2.05) is 109 Å². The van der Waals surface area contributed by atoms with Gasteiger partial charge in [0.25, 0.3) is 0 Å². The first-order valence-corrected chi connectivity index (χ1v) is 15.4. The lowest BCUT2D eigenvalue weighted by Gasteiger charge is -2.10. The smallest absolute Gasteiger partial charge is 0.164 e. The third-order valence-electron chi connectivity index (χ3n) is 8.43. The topological polar surface area (TPSA) is 77.6 Å². The van der Waals surface area contributed by atoms with Crippen LogP contribution in [0, 0.1) is 0 Å². The zero-order chi connectivity index (χ0) is 31.2. The summed E-state index contributed by atoms with van der Waals surface area (Å²) in [5, 5.41) is 4.10. The first-order valence-electron chi connectivity index (χ1n) is 15.4. The quantitative estimate of drug-likeness (QED) is 0.195. The number of hydrogen-bond acceptors (Lipinski definition) is 6. The summed E-state index contributed by atoms with van der Waals surface area (Å²) in [7, 11) is 0. The maximum absolute atomic E-state index is 6.33. The molecule has 0 atom stereocenters. The summed E-state index contributed by atoms with van der Waals surface area (Å²) in [6.07, 6.45) is 3.63. The Bertz CT molecular complexity index is 2520. The number of furan rings is 1. The van der Waals surface area contributed by atoms with Crippen molar-refractivity contribution in [2.24, 2.45) is 0 Å². The predicted molar refractivity (Wildman–Crippen MR) is 187 cm³/mol. The second kappa shape index (κ2) is 11.1. The molecule has 0 bridgehead atoms. The number of benzene rings is 5. The molecular weight excluding hydrogens is 578 g/mol. The second-order valence-electron chi connectivity index (χ2n) is 11.3. The van der Waals surface area contributed by atoms with Crippen LogP contribution in [-0.4, -0.2) is 24.9 Å². The van der Waals surface area contributed by atoms with Crippen molar-refractivity contribution in [2.75, 3.05) is 0 Å². The van der Waals surface area contributed by atoms with Crippen LogP contribution in [0.2, 0.25) is 0 Å². The largest absolute Gasteiger partial charge is 0.456 e. The number of pyridine rings is 2. The van der Waals surface area contributed by atoms with E-state index in [9.17, 15) is 0 Å². The molecule has 0 aliphatic heterocycles. The van der Waals surface area contributed by atoms with E-state index in [2.05, 4.69) is 36.4 Å². The van der Waals surface area contributed by atoms with E-state index >= 15 is 0 Å². The van der Waals surface area contributed by atoms with Gasteiger partial charge in [0.2, 0.25) is 0 Å². The fraction of sp³-hybridized carbons (Fsp3) is 0. The predicted octanol–water partition coefficient (Wildman–Crippen LogP) is 10.0. The van der Waals surface area contributed by atoms with Gasteiger partial charge in [0.05, 0.1) is 11.1 Å². The van der Waals surface area contributed by atoms with E-state index in [1.165, 1.54) is 0 Å². The van der Waals surface area contributed by atoms with Crippen molar-refractivity contribution in [2.45, 2.75) is 0 Å². The van der Waals surface area contributed by atoms with Crippen LogP contribution in [0.4, 0.5) is 0 Å². The number of hydrogen-bond donors (Lipinski definition) is 0. The van der Waals surface area contributed by atoms with Gasteiger partial charge in [0.1, 0.15) is 16.9 Å². The van der Waals surface area contributed by atoms with Crippen molar-refractivity contribution >= 4 is 32.7 Å². The molecule has 0 amide bonds. The van der Waals surface area contributed by atoms with Gasteiger partial charge in [-0.1, -0.05) is 109 Å². The lowest BCUT2D eigenvalue weighted by Crippen LogP contribution is -2.00. The minimum atomic E-state index is 0.614. The van der Waals surface area contributed by atoms with Crippen LogP contribution in [0.5, 0.6) is 0 Å². The highest BCUT2D eigenvalue weighted by molar-refractivity contribution is 6.14. The summed E-state index contributed by atoms with van der Waals surface area (Å²) in [5.74, 6) is 1.88. The second-order valence-corrected chi connectivity index (χ2v) is 11.3. The average molecular weight is 604 g/mol. The molecule has 9 aromatic rings. The van der Waals surface area contributed by atoms with Crippen LogP contribution in [0.3, 0.4) is 0 Å². The van der Waals surface area contributed by atoms with Crippen molar-refractivity contribution in [3.8, 4) is 56.7 Å². The van der Waals surface area contributed by atoms with Gasteiger partial charge in [-0.15, -0.1) is 0 Å². The third-order valence-corrected chi connectivity index (χ3v) is 8.43. The van der Waals surface area contributed by atoms with E-state index < -0.39 is 0 Å². The Morgan fingerprint density at radius 3 is 1.74 bits per heavy atom. The lowest BCUT2D eigenvalue weighted by atomic mass is 9.99. The van der Waals surface area contributed by atoms with Crippen LogP contribution in [0.25, 0.3) is 89.4 Å². The summed E-state index contributed by atoms with van der Waals surface area (Å²) in [6.45, 7) is 0. The van der Waals surface area contributed by atoms with Crippen molar-refractivity contribution in [1.29, 1.82) is 0 Å². The highest BCUT2D eigenvalue weighted by Gasteiger charge is 2.18. The van der Waals surface area contributed by atoms with E-state index in [0.717, 1.165) is 71.9 Å². The molecule has 5 aromatic carbocycles. The van der Waals surface area contributed by atoms with Gasteiger partial charge >= 0.3 is 0 Å². The van der Waals surface area contributed by atoms with Gasteiger partial charge < -0.3 is 4.42 Å². The normalized spacial score (nSPS) is 11.4. The molecule has 9 rings (SSSR count). The fourth-order valence-corrected chi connectivity index (χ4v) is 6.17. The van der Waals surface area contributed by atoms with Crippen LogP contribution in [0.1, 0.15) is 0 Å². The molecule has 0 unspecified atom stereocenters. The molecule has 0 saturated heterocycles. The summed E-state index contributed by atoms with van der Waals surface area (Å²) in [6, 6.07) is 46.9. The zero-order valence-corrected chi connectivity index (χ0v) is 25.1. The van der Waals surface area contributed by atoms with Crippen LogP contribution >= 0.6 is 0 Å². The molecule has 4 heterocycles. The van der Waals surface area contributed by atoms with Crippen molar-refractivity contribution in [3.05, 3.63) is 152 Å². The molecule has 0 fully saturated rings. The molecule has 6 nitrogen and oxygen atoms in total. The molecule has 4 aromatic heterocycles. The molecule has 220 valence electrons. The van der Waals surface area contributed by atoms with Crippen LogP contribution in [-0.2, 0) is 0 Å². The Hall–Kier alpha value is -6.53. The fourth-order valence-electron chi connectivity index (χ4n) is 6.17. The van der Waals surface area contributed by atoms with Gasteiger partial charge in [0.15, 0.2) is 17.5 Å². The Morgan fingerprint density at radius 1 is 0.383 bits per heavy atom. The molecule has 0 aliphatic rings. The molecule has 0 radical (unpaired) electrons. The van der Waals surface area contributed by atoms with E-state index in [-0.39, 0.29) is 0 Å². The van der Waals surface area contributed by atoms with Gasteiger partial charge in [-0.25, -0.2) is 15.0 Å². The molecule has 0 spiro atoms. The van der Waals surface area contributed by atoms with Crippen molar-refractivity contribution in [3.63, 3.8) is 0 Å². The third kappa shape index (κ3) is 4.80. The molecule has 6 heteroatoms. The maximum Gasteiger partial charge on any atom is 0.164 e. The van der Waals surface area contributed by atoms with Crippen LogP contribution in [0.15, 0.2) is 156 Å². The summed E-state index contributed by atoms with van der Waals surface area (Å²) < 4.78 is 6.33. The first kappa shape index (κ1) is 26.8. The van der Waals surface area contributed by atoms with E-state index in [1.54, 1.807) is 6.20 Å². The van der Waals surface area contributed by atoms with Crippen molar-refractivity contribution < 1.29 is 4.42 Å². The highest BCUT2D eigenvalue weighted by atomic mass is 16.3. The van der Waals surface area contributed by atoms with Gasteiger partial charge in [-0.05, 0) is 46.8 Å². The Kier molecular flexibility index (Phi) is 6.35. The highest BCUT2D eigenvalue weighted by Crippen LogP contribution is 2.39. The van der Waals surface area contributed by atoms with Gasteiger partial charge in [-0.3, -0.25) is 9.97 Å². The minimum Gasteiger partial charge on any atom is -0.456 e. The summed E-state index contributed by atoms with van der Waals surface area (Å²) in [4.78, 5) is 24.3. The van der Waals surface area contributed by atoms with E-state index in [0.29, 0.717) is 17.5 Å². The molecule has 0 saturated carbocycles. The van der Waals surface area contributed by atoms with Crippen LogP contribution < -0.4 is 0 Å². The monoisotopic (exact) mass is 603 g/mol. The lowest BCUT2D eigenvalue weighted by molar-refractivity contribution is 0.668. The van der Waals surface area contributed by atoms with Gasteiger partial charge in [-0.2, -0.15) is 0 Å². The minimum absolute atomic E-state index is 0.614. The number of aromatic nitrogens is 5. The number of fused-ring (bicyclic) bond motifs is 4. The molecule has 47 heavy (non-hydrogen) atoms. The Balaban J connectivity index is 1.19. The standard InChI is InChI=1S/C41H25N5O/c1-3-11-27(12-4-1)39-44-40(28-13-5-2-6-14-28)46-41(45-39)31-16-9-15-29(24-31)30-18-19-34-33(25-30)36-35(47-34)21-23-43-38(36)37-32-17-8-7-10-26(32)20-22-42-37/h1-25H. The zero-order valence-electron chi connectivity index (χ0n) is 25.1. The first-order chi connectivity index (χ1) is 23.3. The number of rotatable bonds is 5. The Labute approximate surface area is 270 Å². The van der Waals surface area contributed by atoms with Gasteiger partial charge in [0, 0.05) is 39.9 Å². The number of nitrogens with zero attached hydrogens (tertiary/aromatic N) is 5. The SMILES string of the molecule is c1ccc(-c2nc(-c3ccccc3)nc(-c3cccc(-c4ccc5oc6ccnc(-c7nccc8ccccc78)c6c5c4)c3)n2)cc1. The van der Waals surface area contributed by atoms with Crippen molar-refractivity contribution in [1.82, 2.24) is 24.9 Å². The maximum atomic E-state index is 6.33. The Morgan fingerprint density at radius 2 is 0.979 bits per heavy atom. The molecule has 0 N–H and O–H groups in total. The summed E-state index contributed by atoms with van der Waals surface area (Å²) >= 11 is 0. The average Bonchev–Trinajstić information content (AvgIpc) is 3.53. The molecule has 0 aliphatic carbocycles. The van der Waals surface area contributed by atoms with E-state index in [4.69, 9.17) is 29.3 Å².